The van der Waals surface area contributed by atoms with Crippen molar-refractivity contribution in [3.8, 4) is 0 Å². The Morgan fingerprint density at radius 3 is 2.24 bits per heavy atom. The Kier molecular flexibility index (Phi) is 6.45. The lowest BCUT2D eigenvalue weighted by Gasteiger charge is -2.34. The van der Waals surface area contributed by atoms with Crippen LogP contribution in [0.5, 0.6) is 0 Å². The maximum Gasteiger partial charge on any atom is 0.187 e. The lowest BCUT2D eigenvalue weighted by Crippen LogP contribution is -2.45. The molecule has 0 amide bonds. The van der Waals surface area contributed by atoms with Crippen LogP contribution in [0, 0.1) is 0 Å². The molecular formula is C18H28N6S. The van der Waals surface area contributed by atoms with Crippen molar-refractivity contribution in [1.29, 1.82) is 0 Å². The van der Waals surface area contributed by atoms with E-state index >= 15 is 0 Å². The van der Waals surface area contributed by atoms with Crippen LogP contribution >= 0.6 is 11.8 Å². The predicted molar refractivity (Wildman–Crippen MR) is 101 cm³/mol. The lowest BCUT2D eigenvalue weighted by molar-refractivity contribution is 0.119. The fourth-order valence-electron chi connectivity index (χ4n) is 2.86. The third-order valence-electron chi connectivity index (χ3n) is 4.72. The summed E-state index contributed by atoms with van der Waals surface area (Å²) in [6, 6.07) is 0. The molecule has 3 heterocycles. The van der Waals surface area contributed by atoms with E-state index in [2.05, 4.69) is 50.2 Å². The maximum absolute atomic E-state index is 4.51. The zero-order valence-electron chi connectivity index (χ0n) is 15.4. The largest absolute Gasteiger partial charge is 0.337 e. The quantitative estimate of drug-likeness (QED) is 0.558. The van der Waals surface area contributed by atoms with Crippen molar-refractivity contribution in [1.82, 2.24) is 29.3 Å². The molecule has 1 fully saturated rings. The van der Waals surface area contributed by atoms with Crippen LogP contribution in [0.2, 0.25) is 0 Å². The van der Waals surface area contributed by atoms with Gasteiger partial charge in [-0.3, -0.25) is 9.80 Å². The van der Waals surface area contributed by atoms with Crippen molar-refractivity contribution in [3.63, 3.8) is 0 Å². The standard InChI is InChI=1S/C18H28N6S/c1-4-15(2)25-18-20-11-16(12-21-18)13-23-7-9-24(10-8-23)14-17-19-5-6-22(17)3/h5-6,11-12,15H,4,7-10,13-14H2,1-3H3/t15-/m1/s1. The van der Waals surface area contributed by atoms with Crippen molar-refractivity contribution >= 4 is 11.8 Å². The summed E-state index contributed by atoms with van der Waals surface area (Å²) in [5.74, 6) is 1.14. The van der Waals surface area contributed by atoms with Gasteiger partial charge in [0.05, 0.1) is 6.54 Å². The Morgan fingerprint density at radius 1 is 1.04 bits per heavy atom. The molecule has 0 saturated carbocycles. The Labute approximate surface area is 154 Å². The first-order chi connectivity index (χ1) is 12.1. The molecule has 25 heavy (non-hydrogen) atoms. The second kappa shape index (κ2) is 8.78. The van der Waals surface area contributed by atoms with Gasteiger partial charge in [0.1, 0.15) is 5.82 Å². The van der Waals surface area contributed by atoms with E-state index in [1.54, 1.807) is 11.8 Å². The third-order valence-corrected chi connectivity index (χ3v) is 5.88. The molecule has 0 radical (unpaired) electrons. The van der Waals surface area contributed by atoms with Gasteiger partial charge in [0.2, 0.25) is 0 Å². The van der Waals surface area contributed by atoms with E-state index in [1.807, 2.05) is 24.8 Å². The van der Waals surface area contributed by atoms with E-state index in [-0.39, 0.29) is 0 Å². The van der Waals surface area contributed by atoms with Crippen LogP contribution in [-0.4, -0.2) is 60.7 Å². The van der Waals surface area contributed by atoms with Crippen molar-refractivity contribution in [2.75, 3.05) is 26.2 Å². The van der Waals surface area contributed by atoms with Crippen LogP contribution < -0.4 is 0 Å². The van der Waals surface area contributed by atoms with Crippen LogP contribution in [-0.2, 0) is 20.1 Å². The molecule has 1 aliphatic rings. The van der Waals surface area contributed by atoms with Gasteiger partial charge in [-0.25, -0.2) is 15.0 Å². The van der Waals surface area contributed by atoms with E-state index < -0.39 is 0 Å². The van der Waals surface area contributed by atoms with Crippen molar-refractivity contribution in [2.45, 2.75) is 43.8 Å². The number of imidazole rings is 1. The van der Waals surface area contributed by atoms with Gasteiger partial charge in [-0.05, 0) is 6.42 Å². The number of hydrogen-bond acceptors (Lipinski definition) is 6. The summed E-state index contributed by atoms with van der Waals surface area (Å²) >= 11 is 1.75. The van der Waals surface area contributed by atoms with Gasteiger partial charge in [-0.15, -0.1) is 0 Å². The zero-order valence-corrected chi connectivity index (χ0v) is 16.2. The highest BCUT2D eigenvalue weighted by Crippen LogP contribution is 2.21. The molecule has 0 spiro atoms. The Hall–Kier alpha value is -1.44. The molecule has 2 aromatic heterocycles. The molecule has 0 aliphatic carbocycles. The van der Waals surface area contributed by atoms with Gasteiger partial charge in [-0.2, -0.15) is 0 Å². The third kappa shape index (κ3) is 5.26. The van der Waals surface area contributed by atoms with Crippen LogP contribution in [0.3, 0.4) is 0 Å². The highest BCUT2D eigenvalue weighted by atomic mass is 32.2. The fourth-order valence-corrected chi connectivity index (χ4v) is 3.61. The summed E-state index contributed by atoms with van der Waals surface area (Å²) in [5, 5.41) is 1.45. The van der Waals surface area contributed by atoms with E-state index in [1.165, 1.54) is 5.56 Å². The molecule has 0 aromatic carbocycles. The molecule has 3 rings (SSSR count). The summed E-state index contributed by atoms with van der Waals surface area (Å²) in [4.78, 5) is 18.4. The van der Waals surface area contributed by atoms with Crippen LogP contribution in [0.4, 0.5) is 0 Å². The number of rotatable bonds is 7. The van der Waals surface area contributed by atoms with Crippen LogP contribution in [0.1, 0.15) is 31.7 Å². The Morgan fingerprint density at radius 2 is 1.68 bits per heavy atom. The molecule has 0 unspecified atom stereocenters. The zero-order chi connectivity index (χ0) is 17.6. The molecule has 1 atom stereocenters. The fraction of sp³-hybridized carbons (Fsp3) is 0.611. The lowest BCUT2D eigenvalue weighted by atomic mass is 10.2. The van der Waals surface area contributed by atoms with E-state index in [9.17, 15) is 0 Å². The van der Waals surface area contributed by atoms with E-state index in [0.29, 0.717) is 5.25 Å². The smallest absolute Gasteiger partial charge is 0.187 e. The van der Waals surface area contributed by atoms with Crippen molar-refractivity contribution in [3.05, 3.63) is 36.2 Å². The number of aryl methyl sites for hydroxylation is 1. The summed E-state index contributed by atoms with van der Waals surface area (Å²) in [7, 11) is 2.06. The SMILES string of the molecule is CC[C@@H](C)Sc1ncc(CN2CCN(Cc3nccn3C)CC2)cn1. The van der Waals surface area contributed by atoms with Crippen molar-refractivity contribution in [2.24, 2.45) is 7.05 Å². The van der Waals surface area contributed by atoms with Crippen molar-refractivity contribution < 1.29 is 0 Å². The minimum Gasteiger partial charge on any atom is -0.337 e. The molecule has 0 bridgehead atoms. The first-order valence-corrected chi connectivity index (χ1v) is 9.90. The highest BCUT2D eigenvalue weighted by molar-refractivity contribution is 7.99. The van der Waals surface area contributed by atoms with E-state index in [4.69, 9.17) is 0 Å². The minimum atomic E-state index is 0.567. The highest BCUT2D eigenvalue weighted by Gasteiger charge is 2.18. The van der Waals surface area contributed by atoms with Gasteiger partial charge in [0, 0.05) is 75.4 Å². The first kappa shape index (κ1) is 18.4. The molecule has 136 valence electrons. The summed E-state index contributed by atoms with van der Waals surface area (Å²) in [5.41, 5.74) is 1.20. The molecule has 7 heteroatoms. The molecule has 1 aliphatic heterocycles. The average molecular weight is 361 g/mol. The van der Waals surface area contributed by atoms with Gasteiger partial charge >= 0.3 is 0 Å². The number of piperazine rings is 1. The molecule has 2 aromatic rings. The number of thioether (sulfide) groups is 1. The average Bonchev–Trinajstić information content (AvgIpc) is 3.03. The molecule has 1 saturated heterocycles. The molecular weight excluding hydrogens is 332 g/mol. The predicted octanol–water partition coefficient (Wildman–Crippen LogP) is 2.42. The first-order valence-electron chi connectivity index (χ1n) is 9.02. The summed E-state index contributed by atoms with van der Waals surface area (Å²) < 4.78 is 2.10. The van der Waals surface area contributed by atoms with Gasteiger partial charge < -0.3 is 4.57 Å². The number of nitrogens with zero attached hydrogens (tertiary/aromatic N) is 6. The van der Waals surface area contributed by atoms with Crippen LogP contribution in [0.25, 0.3) is 0 Å². The maximum atomic E-state index is 4.51. The minimum absolute atomic E-state index is 0.567. The number of aromatic nitrogens is 4. The Balaban J connectivity index is 1.45. The van der Waals surface area contributed by atoms with Crippen LogP contribution in [0.15, 0.2) is 29.9 Å². The monoisotopic (exact) mass is 360 g/mol. The number of hydrogen-bond donors (Lipinski definition) is 0. The second-order valence-electron chi connectivity index (χ2n) is 6.72. The normalized spacial score (nSPS) is 17.7. The summed E-state index contributed by atoms with van der Waals surface area (Å²) in [6.45, 7) is 10.6. The van der Waals surface area contributed by atoms with E-state index in [0.717, 1.165) is 56.7 Å². The molecule has 0 N–H and O–H groups in total. The van der Waals surface area contributed by atoms with Gasteiger partial charge in [0.15, 0.2) is 5.16 Å². The topological polar surface area (TPSA) is 50.1 Å². The second-order valence-corrected chi connectivity index (χ2v) is 8.12. The van der Waals surface area contributed by atoms with Gasteiger partial charge in [-0.1, -0.05) is 25.6 Å². The summed E-state index contributed by atoms with van der Waals surface area (Å²) in [6.07, 6.45) is 8.98. The molecule has 6 nitrogen and oxygen atoms in total. The Bertz CT molecular complexity index is 648. The van der Waals surface area contributed by atoms with Gasteiger partial charge in [0.25, 0.3) is 0 Å².